The van der Waals surface area contributed by atoms with Crippen LogP contribution in [0, 0.1) is 0 Å². The first kappa shape index (κ1) is 18.5. The van der Waals surface area contributed by atoms with Crippen molar-refractivity contribution in [3.8, 4) is 11.5 Å². The molecule has 0 atom stereocenters. The zero-order chi connectivity index (χ0) is 17.5. The van der Waals surface area contributed by atoms with Crippen molar-refractivity contribution in [3.05, 3.63) is 29.8 Å². The number of methoxy groups -OCH3 is 2. The van der Waals surface area contributed by atoms with Crippen molar-refractivity contribution in [1.82, 2.24) is 10.6 Å². The molecule has 2 amide bonds. The quantitative estimate of drug-likeness (QED) is 0.783. The van der Waals surface area contributed by atoms with Gasteiger partial charge < -0.3 is 20.1 Å². The van der Waals surface area contributed by atoms with E-state index < -0.39 is 0 Å². The summed E-state index contributed by atoms with van der Waals surface area (Å²) in [5, 5.41) is 5.30. The van der Waals surface area contributed by atoms with Crippen LogP contribution in [-0.2, 0) is 9.59 Å². The van der Waals surface area contributed by atoms with E-state index in [1.54, 1.807) is 38.5 Å². The summed E-state index contributed by atoms with van der Waals surface area (Å²) in [6.45, 7) is 5.57. The van der Waals surface area contributed by atoms with Gasteiger partial charge in [-0.1, -0.05) is 6.07 Å². The lowest BCUT2D eigenvalue weighted by Crippen LogP contribution is -2.45. The van der Waals surface area contributed by atoms with E-state index in [4.69, 9.17) is 9.47 Å². The molecule has 2 N–H and O–H groups in total. The Labute approximate surface area is 136 Å². The minimum atomic E-state index is -0.344. The lowest BCUT2D eigenvalue weighted by atomic mass is 10.1. The van der Waals surface area contributed by atoms with E-state index >= 15 is 0 Å². The van der Waals surface area contributed by atoms with Gasteiger partial charge in [0.2, 0.25) is 11.8 Å². The van der Waals surface area contributed by atoms with Gasteiger partial charge in [-0.05, 0) is 44.5 Å². The third-order valence-corrected chi connectivity index (χ3v) is 2.77. The number of carbonyl (C=O) groups is 2. The molecule has 0 aliphatic carbocycles. The van der Waals surface area contributed by atoms with Crippen LogP contribution in [0.25, 0.3) is 6.08 Å². The number of hydrogen-bond acceptors (Lipinski definition) is 4. The highest BCUT2D eigenvalue weighted by molar-refractivity contribution is 5.94. The average Bonchev–Trinajstić information content (AvgIpc) is 2.48. The molecule has 0 radical (unpaired) electrons. The van der Waals surface area contributed by atoms with Gasteiger partial charge in [-0.25, -0.2) is 0 Å². The monoisotopic (exact) mass is 320 g/mol. The molecule has 0 aliphatic heterocycles. The molecule has 0 aliphatic rings. The highest BCUT2D eigenvalue weighted by Crippen LogP contribution is 2.27. The fraction of sp³-hybridized carbons (Fsp3) is 0.412. The fourth-order valence-electron chi connectivity index (χ4n) is 1.82. The van der Waals surface area contributed by atoms with Gasteiger partial charge in [-0.15, -0.1) is 0 Å². The van der Waals surface area contributed by atoms with Gasteiger partial charge in [-0.2, -0.15) is 0 Å². The minimum Gasteiger partial charge on any atom is -0.493 e. The second-order valence-corrected chi connectivity index (χ2v) is 5.96. The summed E-state index contributed by atoms with van der Waals surface area (Å²) in [4.78, 5) is 23.3. The van der Waals surface area contributed by atoms with Crippen LogP contribution in [0.4, 0.5) is 0 Å². The molecular formula is C17H24N2O4. The molecule has 1 aromatic carbocycles. The van der Waals surface area contributed by atoms with Crippen molar-refractivity contribution in [2.45, 2.75) is 26.3 Å². The zero-order valence-corrected chi connectivity index (χ0v) is 14.2. The highest BCUT2D eigenvalue weighted by Gasteiger charge is 2.13. The van der Waals surface area contributed by atoms with Crippen LogP contribution in [0.15, 0.2) is 24.3 Å². The van der Waals surface area contributed by atoms with Crippen molar-refractivity contribution in [1.29, 1.82) is 0 Å². The molecule has 0 saturated heterocycles. The van der Waals surface area contributed by atoms with Gasteiger partial charge in [0.05, 0.1) is 20.8 Å². The topological polar surface area (TPSA) is 76.7 Å². The normalized spacial score (nSPS) is 11.2. The summed E-state index contributed by atoms with van der Waals surface area (Å²) in [5.74, 6) is 0.627. The van der Waals surface area contributed by atoms with E-state index in [2.05, 4.69) is 10.6 Å². The highest BCUT2D eigenvalue weighted by atomic mass is 16.5. The molecule has 126 valence electrons. The third-order valence-electron chi connectivity index (χ3n) is 2.77. The second-order valence-electron chi connectivity index (χ2n) is 5.96. The standard InChI is InChI=1S/C17H24N2O4/c1-17(2,3)19-16(21)11-18-15(20)9-7-12-6-8-13(22-4)14(10-12)23-5/h6-10H,11H2,1-5H3,(H,18,20)(H,19,21)/b9-7+. The van der Waals surface area contributed by atoms with Crippen LogP contribution in [0.5, 0.6) is 11.5 Å². The molecule has 0 fully saturated rings. The van der Waals surface area contributed by atoms with Gasteiger partial charge in [0.15, 0.2) is 11.5 Å². The molecule has 0 bridgehead atoms. The lowest BCUT2D eigenvalue weighted by molar-refractivity contribution is -0.124. The molecule has 1 rings (SSSR count). The number of ether oxygens (including phenoxy) is 2. The van der Waals surface area contributed by atoms with E-state index in [0.717, 1.165) is 5.56 Å². The number of carbonyl (C=O) groups excluding carboxylic acids is 2. The Morgan fingerprint density at radius 2 is 1.78 bits per heavy atom. The average molecular weight is 320 g/mol. The van der Waals surface area contributed by atoms with E-state index in [1.165, 1.54) is 6.08 Å². The molecule has 0 heterocycles. The Kier molecular flexibility index (Phi) is 6.63. The van der Waals surface area contributed by atoms with E-state index in [1.807, 2.05) is 20.8 Å². The number of nitrogens with one attached hydrogen (secondary N) is 2. The van der Waals surface area contributed by atoms with Crippen LogP contribution in [0.3, 0.4) is 0 Å². The maximum Gasteiger partial charge on any atom is 0.244 e. The number of amides is 2. The first-order valence-corrected chi connectivity index (χ1v) is 7.24. The first-order chi connectivity index (χ1) is 10.7. The molecule has 0 saturated carbocycles. The Hall–Kier alpha value is -2.50. The zero-order valence-electron chi connectivity index (χ0n) is 14.2. The molecule has 23 heavy (non-hydrogen) atoms. The Morgan fingerprint density at radius 1 is 1.13 bits per heavy atom. The van der Waals surface area contributed by atoms with Gasteiger partial charge in [0.25, 0.3) is 0 Å². The summed E-state index contributed by atoms with van der Waals surface area (Å²) in [5.41, 5.74) is 0.467. The van der Waals surface area contributed by atoms with Crippen molar-refractivity contribution in [2.75, 3.05) is 20.8 Å². The predicted octanol–water partition coefficient (Wildman–Crippen LogP) is 1.75. The smallest absolute Gasteiger partial charge is 0.244 e. The predicted molar refractivity (Wildman–Crippen MR) is 89.5 cm³/mol. The SMILES string of the molecule is COc1ccc(/C=C/C(=O)NCC(=O)NC(C)(C)C)cc1OC. The van der Waals surface area contributed by atoms with Crippen LogP contribution >= 0.6 is 0 Å². The van der Waals surface area contributed by atoms with E-state index in [0.29, 0.717) is 11.5 Å². The molecular weight excluding hydrogens is 296 g/mol. The molecule has 0 unspecified atom stereocenters. The van der Waals surface area contributed by atoms with Gasteiger partial charge in [-0.3, -0.25) is 9.59 Å². The van der Waals surface area contributed by atoms with Gasteiger partial charge >= 0.3 is 0 Å². The fourth-order valence-corrected chi connectivity index (χ4v) is 1.82. The molecule has 0 spiro atoms. The Bertz CT molecular complexity index is 589. The van der Waals surface area contributed by atoms with Crippen LogP contribution < -0.4 is 20.1 Å². The molecule has 6 nitrogen and oxygen atoms in total. The van der Waals surface area contributed by atoms with Gasteiger partial charge in [0, 0.05) is 11.6 Å². The first-order valence-electron chi connectivity index (χ1n) is 7.24. The largest absolute Gasteiger partial charge is 0.493 e. The summed E-state index contributed by atoms with van der Waals surface area (Å²) in [7, 11) is 3.11. The number of rotatable bonds is 6. The Balaban J connectivity index is 2.57. The van der Waals surface area contributed by atoms with Crippen LogP contribution in [0.2, 0.25) is 0 Å². The van der Waals surface area contributed by atoms with E-state index in [9.17, 15) is 9.59 Å². The van der Waals surface area contributed by atoms with E-state index in [-0.39, 0.29) is 23.9 Å². The van der Waals surface area contributed by atoms with Crippen molar-refractivity contribution < 1.29 is 19.1 Å². The summed E-state index contributed by atoms with van der Waals surface area (Å²) in [6, 6.07) is 5.32. The van der Waals surface area contributed by atoms with Crippen molar-refractivity contribution in [3.63, 3.8) is 0 Å². The van der Waals surface area contributed by atoms with Gasteiger partial charge in [0.1, 0.15) is 0 Å². The number of benzene rings is 1. The molecule has 6 heteroatoms. The van der Waals surface area contributed by atoms with Crippen molar-refractivity contribution >= 4 is 17.9 Å². The summed E-state index contributed by atoms with van der Waals surface area (Å²) >= 11 is 0. The lowest BCUT2D eigenvalue weighted by Gasteiger charge is -2.20. The number of hydrogen-bond donors (Lipinski definition) is 2. The second kappa shape index (κ2) is 8.22. The molecule has 0 aromatic heterocycles. The van der Waals surface area contributed by atoms with Crippen LogP contribution in [-0.4, -0.2) is 38.1 Å². The van der Waals surface area contributed by atoms with Crippen LogP contribution in [0.1, 0.15) is 26.3 Å². The molecule has 1 aromatic rings. The minimum absolute atomic E-state index is 0.0631. The Morgan fingerprint density at radius 3 is 2.35 bits per heavy atom. The maximum atomic E-state index is 11.7. The third kappa shape index (κ3) is 6.86. The summed E-state index contributed by atoms with van der Waals surface area (Å²) < 4.78 is 10.3. The summed E-state index contributed by atoms with van der Waals surface area (Å²) in [6.07, 6.45) is 3.00. The maximum absolute atomic E-state index is 11.7. The van der Waals surface area contributed by atoms with Crippen molar-refractivity contribution in [2.24, 2.45) is 0 Å².